The van der Waals surface area contributed by atoms with E-state index in [4.69, 9.17) is 0 Å². The molecule has 0 rings (SSSR count). The van der Waals surface area contributed by atoms with Crippen LogP contribution in [0.5, 0.6) is 0 Å². The van der Waals surface area contributed by atoms with Crippen LogP contribution in [0.15, 0.2) is 0 Å². The van der Waals surface area contributed by atoms with Crippen LogP contribution in [0.2, 0.25) is 0 Å². The summed E-state index contributed by atoms with van der Waals surface area (Å²) in [6.45, 7) is 9.79. The molecule has 3 heteroatoms. The van der Waals surface area contributed by atoms with Crippen LogP contribution in [0.3, 0.4) is 0 Å². The molecule has 0 saturated heterocycles. The molecule has 3 nitrogen and oxygen atoms in total. The third-order valence-electron chi connectivity index (χ3n) is 1.69. The molecule has 0 aliphatic heterocycles. The molecule has 0 fully saturated rings. The fraction of sp³-hybridized carbons (Fsp3) is 0.900. The smallest absolute Gasteiger partial charge is 0.165 e. The summed E-state index contributed by atoms with van der Waals surface area (Å²) in [7, 11) is 0. The molecule has 0 radical (unpaired) electrons. The number of ketones is 1. The highest BCUT2D eigenvalue weighted by Crippen LogP contribution is 2.06. The molecule has 78 valence electrons. The van der Waals surface area contributed by atoms with Gasteiger partial charge in [-0.2, -0.15) is 0 Å². The quantitative estimate of drug-likeness (QED) is 0.693. The fourth-order valence-electron chi connectivity index (χ4n) is 0.857. The van der Waals surface area contributed by atoms with Crippen LogP contribution in [-0.2, 0) is 4.79 Å². The second-order valence-corrected chi connectivity index (χ2v) is 4.91. The molecule has 0 atom stereocenters. The van der Waals surface area contributed by atoms with Gasteiger partial charge in [-0.05, 0) is 34.6 Å². The van der Waals surface area contributed by atoms with E-state index in [1.54, 1.807) is 0 Å². The number of carbonyl (C=O) groups is 1. The van der Waals surface area contributed by atoms with E-state index in [1.807, 2.05) is 20.8 Å². The van der Waals surface area contributed by atoms with E-state index in [2.05, 4.69) is 5.32 Å². The number of nitrogens with one attached hydrogen (secondary N) is 1. The first kappa shape index (κ1) is 12.6. The van der Waals surface area contributed by atoms with Crippen molar-refractivity contribution in [2.45, 2.75) is 52.2 Å². The summed E-state index contributed by atoms with van der Waals surface area (Å²) in [5, 5.41) is 12.5. The van der Waals surface area contributed by atoms with Gasteiger partial charge in [0.05, 0.1) is 0 Å². The molecule has 0 heterocycles. The first-order valence-electron chi connectivity index (χ1n) is 4.63. The lowest BCUT2D eigenvalue weighted by Crippen LogP contribution is -2.40. The molecule has 0 amide bonds. The molecular weight excluding hydrogens is 166 g/mol. The predicted molar refractivity (Wildman–Crippen MR) is 53.7 cm³/mol. The first-order chi connectivity index (χ1) is 5.63. The SMILES string of the molecule is CC(C)(C)NCCC(=O)C(C)(C)O. The Labute approximate surface area is 80.5 Å². The third-order valence-corrected chi connectivity index (χ3v) is 1.69. The van der Waals surface area contributed by atoms with Gasteiger partial charge in [-0.15, -0.1) is 0 Å². The third kappa shape index (κ3) is 6.72. The standard InChI is InChI=1S/C10H21NO2/c1-9(2,3)11-7-6-8(12)10(4,5)13/h11,13H,6-7H2,1-5H3. The zero-order valence-electron chi connectivity index (χ0n) is 9.27. The van der Waals surface area contributed by atoms with Crippen LogP contribution in [0, 0.1) is 0 Å². The van der Waals surface area contributed by atoms with Gasteiger partial charge in [0.1, 0.15) is 5.60 Å². The maximum Gasteiger partial charge on any atom is 0.165 e. The fourth-order valence-corrected chi connectivity index (χ4v) is 0.857. The van der Waals surface area contributed by atoms with Crippen LogP contribution in [0.25, 0.3) is 0 Å². The first-order valence-corrected chi connectivity index (χ1v) is 4.63. The molecular formula is C10H21NO2. The minimum absolute atomic E-state index is 0.0277. The van der Waals surface area contributed by atoms with Crippen molar-refractivity contribution in [2.75, 3.05) is 6.54 Å². The summed E-state index contributed by atoms with van der Waals surface area (Å²) in [5.41, 5.74) is -1.17. The number of carbonyl (C=O) groups excluding carboxylic acids is 1. The van der Waals surface area contributed by atoms with Crippen molar-refractivity contribution in [3.63, 3.8) is 0 Å². The molecule has 0 aromatic carbocycles. The molecule has 0 aromatic rings. The van der Waals surface area contributed by atoms with Crippen molar-refractivity contribution in [2.24, 2.45) is 0 Å². The Morgan fingerprint density at radius 1 is 1.23 bits per heavy atom. The van der Waals surface area contributed by atoms with E-state index in [0.717, 1.165) is 0 Å². The molecule has 0 aromatic heterocycles. The maximum absolute atomic E-state index is 11.3. The summed E-state index contributed by atoms with van der Waals surface area (Å²) in [6.07, 6.45) is 0.376. The molecule has 0 unspecified atom stereocenters. The average Bonchev–Trinajstić information content (AvgIpc) is 1.82. The van der Waals surface area contributed by atoms with Crippen LogP contribution in [0.4, 0.5) is 0 Å². The van der Waals surface area contributed by atoms with E-state index in [0.29, 0.717) is 13.0 Å². The summed E-state index contributed by atoms with van der Waals surface area (Å²) in [6, 6.07) is 0. The minimum Gasteiger partial charge on any atom is -0.383 e. The van der Waals surface area contributed by atoms with E-state index < -0.39 is 5.60 Å². The van der Waals surface area contributed by atoms with Gasteiger partial charge in [0.25, 0.3) is 0 Å². The van der Waals surface area contributed by atoms with Crippen LogP contribution in [0.1, 0.15) is 41.0 Å². The topological polar surface area (TPSA) is 49.3 Å². The Bertz CT molecular complexity index is 174. The molecule has 0 saturated carbocycles. The van der Waals surface area contributed by atoms with Gasteiger partial charge in [-0.1, -0.05) is 0 Å². The number of rotatable bonds is 4. The van der Waals surface area contributed by atoms with Gasteiger partial charge in [0.15, 0.2) is 5.78 Å². The molecule has 0 aliphatic carbocycles. The van der Waals surface area contributed by atoms with E-state index in [1.165, 1.54) is 13.8 Å². The molecule has 13 heavy (non-hydrogen) atoms. The Morgan fingerprint density at radius 3 is 2.00 bits per heavy atom. The van der Waals surface area contributed by atoms with Crippen molar-refractivity contribution < 1.29 is 9.90 Å². The van der Waals surface area contributed by atoms with Gasteiger partial charge in [0, 0.05) is 18.5 Å². The number of aliphatic hydroxyl groups is 1. The predicted octanol–water partition coefficient (Wildman–Crippen LogP) is 1.10. The van der Waals surface area contributed by atoms with E-state index >= 15 is 0 Å². The summed E-state index contributed by atoms with van der Waals surface area (Å²) >= 11 is 0. The summed E-state index contributed by atoms with van der Waals surface area (Å²) < 4.78 is 0. The highest BCUT2D eigenvalue weighted by molar-refractivity contribution is 5.86. The normalized spacial score (nSPS) is 13.1. The van der Waals surface area contributed by atoms with Gasteiger partial charge in [-0.3, -0.25) is 4.79 Å². The lowest BCUT2D eigenvalue weighted by Gasteiger charge is -2.21. The lowest BCUT2D eigenvalue weighted by atomic mass is 10.0. The zero-order chi connectivity index (χ0) is 10.7. The van der Waals surface area contributed by atoms with Crippen molar-refractivity contribution in [3.8, 4) is 0 Å². The van der Waals surface area contributed by atoms with Crippen molar-refractivity contribution in [3.05, 3.63) is 0 Å². The number of hydrogen-bond donors (Lipinski definition) is 2. The zero-order valence-corrected chi connectivity index (χ0v) is 9.27. The number of hydrogen-bond acceptors (Lipinski definition) is 3. The van der Waals surface area contributed by atoms with E-state index in [-0.39, 0.29) is 11.3 Å². The van der Waals surface area contributed by atoms with Crippen molar-refractivity contribution in [1.82, 2.24) is 5.32 Å². The minimum atomic E-state index is -1.19. The number of Topliss-reactive ketones (excluding diaryl/α,β-unsaturated/α-hetero) is 1. The summed E-state index contributed by atoms with van der Waals surface area (Å²) in [5.74, 6) is -0.121. The van der Waals surface area contributed by atoms with Gasteiger partial charge in [0.2, 0.25) is 0 Å². The monoisotopic (exact) mass is 187 g/mol. The van der Waals surface area contributed by atoms with Crippen LogP contribution >= 0.6 is 0 Å². The highest BCUT2D eigenvalue weighted by Gasteiger charge is 2.23. The average molecular weight is 187 g/mol. The lowest BCUT2D eigenvalue weighted by molar-refractivity contribution is -0.134. The van der Waals surface area contributed by atoms with Gasteiger partial charge >= 0.3 is 0 Å². The Hall–Kier alpha value is -0.410. The van der Waals surface area contributed by atoms with Crippen molar-refractivity contribution >= 4 is 5.78 Å². The Kier molecular flexibility index (Phi) is 4.07. The van der Waals surface area contributed by atoms with Crippen LogP contribution < -0.4 is 5.32 Å². The Balaban J connectivity index is 3.74. The highest BCUT2D eigenvalue weighted by atomic mass is 16.3. The molecule has 0 aliphatic rings. The molecule has 2 N–H and O–H groups in total. The second-order valence-electron chi connectivity index (χ2n) is 4.91. The van der Waals surface area contributed by atoms with Crippen molar-refractivity contribution in [1.29, 1.82) is 0 Å². The second kappa shape index (κ2) is 4.20. The van der Waals surface area contributed by atoms with E-state index in [9.17, 15) is 9.90 Å². The Morgan fingerprint density at radius 2 is 1.69 bits per heavy atom. The maximum atomic E-state index is 11.3. The van der Waals surface area contributed by atoms with Gasteiger partial charge in [-0.25, -0.2) is 0 Å². The molecule has 0 bridgehead atoms. The summed E-state index contributed by atoms with van der Waals surface area (Å²) in [4.78, 5) is 11.3. The van der Waals surface area contributed by atoms with Crippen LogP contribution in [-0.4, -0.2) is 28.6 Å². The molecule has 0 spiro atoms. The largest absolute Gasteiger partial charge is 0.383 e. The van der Waals surface area contributed by atoms with Gasteiger partial charge < -0.3 is 10.4 Å².